The minimum Gasteiger partial charge on any atom is -0.490 e. The fraction of sp³-hybridized carbons (Fsp3) is 0.211. The molecule has 0 saturated carbocycles. The Balaban J connectivity index is 1.98. The van der Waals surface area contributed by atoms with E-state index < -0.39 is 0 Å². The topological polar surface area (TPSA) is 31.4 Å². The summed E-state index contributed by atoms with van der Waals surface area (Å²) >= 11 is 1.64. The van der Waals surface area contributed by atoms with Crippen LogP contribution in [-0.4, -0.2) is 18.2 Å². The van der Waals surface area contributed by atoms with Crippen molar-refractivity contribution in [1.29, 1.82) is 0 Å². The minimum atomic E-state index is 0.614. The summed E-state index contributed by atoms with van der Waals surface area (Å²) in [7, 11) is 0. The van der Waals surface area contributed by atoms with Crippen LogP contribution in [0.3, 0.4) is 0 Å². The number of nitrogens with zero attached hydrogens (tertiary/aromatic N) is 1. The van der Waals surface area contributed by atoms with Crippen LogP contribution in [0.25, 0.3) is 21.7 Å². The predicted molar refractivity (Wildman–Crippen MR) is 95.3 cm³/mol. The fourth-order valence-corrected chi connectivity index (χ4v) is 3.06. The van der Waals surface area contributed by atoms with Crippen molar-refractivity contribution in [2.24, 2.45) is 0 Å². The third-order valence-electron chi connectivity index (χ3n) is 3.42. The van der Waals surface area contributed by atoms with Crippen LogP contribution in [0.2, 0.25) is 0 Å². The maximum absolute atomic E-state index is 5.72. The Labute approximate surface area is 140 Å². The largest absolute Gasteiger partial charge is 0.490 e. The van der Waals surface area contributed by atoms with Crippen molar-refractivity contribution < 1.29 is 9.47 Å². The van der Waals surface area contributed by atoms with Gasteiger partial charge >= 0.3 is 0 Å². The highest BCUT2D eigenvalue weighted by Gasteiger charge is 2.09. The summed E-state index contributed by atoms with van der Waals surface area (Å²) in [6, 6.07) is 14.5. The number of hydrogen-bond donors (Lipinski definition) is 0. The Hall–Kier alpha value is -2.33. The molecule has 0 bridgehead atoms. The average Bonchev–Trinajstić information content (AvgIpc) is 3.12. The number of benzene rings is 2. The van der Waals surface area contributed by atoms with Crippen LogP contribution in [0.4, 0.5) is 0 Å². The molecule has 0 aliphatic carbocycles. The molecule has 0 aliphatic heterocycles. The molecule has 0 aliphatic rings. The Morgan fingerprint density at radius 2 is 1.61 bits per heavy atom. The van der Waals surface area contributed by atoms with Gasteiger partial charge in [0, 0.05) is 17.1 Å². The molecule has 3 rings (SSSR count). The molecule has 0 spiro atoms. The van der Waals surface area contributed by atoms with Gasteiger partial charge in [0.25, 0.3) is 0 Å². The first-order valence-electron chi connectivity index (χ1n) is 7.71. The van der Waals surface area contributed by atoms with E-state index in [0.717, 1.165) is 33.2 Å². The van der Waals surface area contributed by atoms with E-state index in [9.17, 15) is 0 Å². The quantitative estimate of drug-likeness (QED) is 0.618. The molecule has 1 heterocycles. The summed E-state index contributed by atoms with van der Waals surface area (Å²) < 4.78 is 11.3. The van der Waals surface area contributed by atoms with Crippen LogP contribution in [0.1, 0.15) is 13.8 Å². The van der Waals surface area contributed by atoms with E-state index in [-0.39, 0.29) is 0 Å². The molecular weight excluding hydrogens is 306 g/mol. The smallest absolute Gasteiger partial charge is 0.161 e. The zero-order chi connectivity index (χ0) is 16.1. The molecule has 118 valence electrons. The van der Waals surface area contributed by atoms with Crippen molar-refractivity contribution in [2.75, 3.05) is 13.2 Å². The van der Waals surface area contributed by atoms with Gasteiger partial charge in [0.05, 0.1) is 13.2 Å². The van der Waals surface area contributed by atoms with E-state index in [0.29, 0.717) is 13.2 Å². The predicted octanol–water partition coefficient (Wildman–Crippen LogP) is 5.27. The van der Waals surface area contributed by atoms with E-state index in [1.807, 2.05) is 37.6 Å². The second-order valence-electron chi connectivity index (χ2n) is 4.95. The average molecular weight is 325 g/mol. The summed E-state index contributed by atoms with van der Waals surface area (Å²) in [6.07, 6.45) is 1.83. The van der Waals surface area contributed by atoms with Crippen molar-refractivity contribution in [2.45, 2.75) is 13.8 Å². The number of ether oxygens (including phenoxy) is 2. The standard InChI is InChI=1S/C19H19NO2S/c1-3-21-17-9-8-15(13-18(17)22-4-2)14-6-5-7-16(12-14)19-20-10-11-23-19/h5-13H,3-4H2,1-2H3. The van der Waals surface area contributed by atoms with Gasteiger partial charge in [-0.3, -0.25) is 0 Å². The first-order valence-corrected chi connectivity index (χ1v) is 8.59. The molecule has 3 nitrogen and oxygen atoms in total. The van der Waals surface area contributed by atoms with Gasteiger partial charge in [-0.2, -0.15) is 0 Å². The monoisotopic (exact) mass is 325 g/mol. The molecule has 0 atom stereocenters. The number of aromatic nitrogens is 1. The lowest BCUT2D eigenvalue weighted by atomic mass is 10.0. The lowest BCUT2D eigenvalue weighted by Crippen LogP contribution is -1.98. The number of hydrogen-bond acceptors (Lipinski definition) is 4. The van der Waals surface area contributed by atoms with Crippen LogP contribution in [0.5, 0.6) is 11.5 Å². The van der Waals surface area contributed by atoms with Gasteiger partial charge in [0.2, 0.25) is 0 Å². The Bertz CT molecular complexity index is 769. The van der Waals surface area contributed by atoms with E-state index in [2.05, 4.69) is 35.3 Å². The van der Waals surface area contributed by atoms with E-state index >= 15 is 0 Å². The zero-order valence-electron chi connectivity index (χ0n) is 13.3. The first kappa shape index (κ1) is 15.6. The molecule has 0 fully saturated rings. The van der Waals surface area contributed by atoms with Crippen LogP contribution < -0.4 is 9.47 Å². The van der Waals surface area contributed by atoms with Crippen molar-refractivity contribution in [3.63, 3.8) is 0 Å². The molecule has 3 aromatic rings. The van der Waals surface area contributed by atoms with Gasteiger partial charge in [-0.15, -0.1) is 11.3 Å². The molecule has 0 saturated heterocycles. The molecule has 23 heavy (non-hydrogen) atoms. The third-order valence-corrected chi connectivity index (χ3v) is 4.24. The van der Waals surface area contributed by atoms with E-state index in [1.54, 1.807) is 11.3 Å². The van der Waals surface area contributed by atoms with Gasteiger partial charge in [0.15, 0.2) is 11.5 Å². The van der Waals surface area contributed by atoms with Gasteiger partial charge in [0.1, 0.15) is 5.01 Å². The normalized spacial score (nSPS) is 10.5. The number of thiazole rings is 1. The lowest BCUT2D eigenvalue weighted by molar-refractivity contribution is 0.288. The van der Waals surface area contributed by atoms with Crippen LogP contribution in [0.15, 0.2) is 54.0 Å². The van der Waals surface area contributed by atoms with Crippen LogP contribution >= 0.6 is 11.3 Å². The second-order valence-corrected chi connectivity index (χ2v) is 5.84. The van der Waals surface area contributed by atoms with Crippen molar-refractivity contribution in [3.8, 4) is 33.2 Å². The minimum absolute atomic E-state index is 0.614. The van der Waals surface area contributed by atoms with Crippen molar-refractivity contribution >= 4 is 11.3 Å². The highest BCUT2D eigenvalue weighted by atomic mass is 32.1. The maximum Gasteiger partial charge on any atom is 0.161 e. The summed E-state index contributed by atoms with van der Waals surface area (Å²) in [5.74, 6) is 1.57. The van der Waals surface area contributed by atoms with Gasteiger partial charge < -0.3 is 9.47 Å². The highest BCUT2D eigenvalue weighted by Crippen LogP contribution is 2.34. The summed E-state index contributed by atoms with van der Waals surface area (Å²) in [4.78, 5) is 4.38. The lowest BCUT2D eigenvalue weighted by Gasteiger charge is -2.13. The SMILES string of the molecule is CCOc1ccc(-c2cccc(-c3nccs3)c2)cc1OCC. The Morgan fingerprint density at radius 1 is 0.870 bits per heavy atom. The molecule has 4 heteroatoms. The Morgan fingerprint density at radius 3 is 2.35 bits per heavy atom. The van der Waals surface area contributed by atoms with E-state index in [4.69, 9.17) is 9.47 Å². The van der Waals surface area contributed by atoms with Crippen molar-refractivity contribution in [3.05, 3.63) is 54.0 Å². The number of rotatable bonds is 6. The first-order chi connectivity index (χ1) is 11.3. The summed E-state index contributed by atoms with van der Waals surface area (Å²) in [6.45, 7) is 5.19. The highest BCUT2D eigenvalue weighted by molar-refractivity contribution is 7.13. The van der Waals surface area contributed by atoms with Gasteiger partial charge in [-0.05, 0) is 43.2 Å². The second kappa shape index (κ2) is 7.29. The van der Waals surface area contributed by atoms with E-state index in [1.165, 1.54) is 0 Å². The molecule has 0 radical (unpaired) electrons. The molecule has 0 N–H and O–H groups in total. The molecule has 0 unspecified atom stereocenters. The fourth-order valence-electron chi connectivity index (χ4n) is 2.43. The molecule has 0 amide bonds. The van der Waals surface area contributed by atoms with Crippen LogP contribution in [-0.2, 0) is 0 Å². The molecular formula is C19H19NO2S. The van der Waals surface area contributed by atoms with Crippen molar-refractivity contribution in [1.82, 2.24) is 4.98 Å². The van der Waals surface area contributed by atoms with Gasteiger partial charge in [-0.25, -0.2) is 4.98 Å². The summed E-state index contributed by atoms with van der Waals surface area (Å²) in [5, 5.41) is 3.02. The Kier molecular flexibility index (Phi) is 4.93. The zero-order valence-corrected chi connectivity index (χ0v) is 14.1. The maximum atomic E-state index is 5.72. The molecule has 1 aromatic heterocycles. The molecule has 2 aromatic carbocycles. The third kappa shape index (κ3) is 3.54. The van der Waals surface area contributed by atoms with Gasteiger partial charge in [-0.1, -0.05) is 24.3 Å². The summed E-state index contributed by atoms with van der Waals surface area (Å²) in [5.41, 5.74) is 3.38. The van der Waals surface area contributed by atoms with Crippen LogP contribution in [0, 0.1) is 0 Å².